The lowest BCUT2D eigenvalue weighted by Gasteiger charge is -2.34. The van der Waals surface area contributed by atoms with Gasteiger partial charge in [-0.1, -0.05) is 42.5 Å². The maximum absolute atomic E-state index is 13.6. The van der Waals surface area contributed by atoms with Crippen LogP contribution >= 0.6 is 13.5 Å². The summed E-state index contributed by atoms with van der Waals surface area (Å²) in [4.78, 5) is 26.1. The van der Waals surface area contributed by atoms with Crippen molar-refractivity contribution >= 4 is 42.1 Å². The van der Waals surface area contributed by atoms with E-state index in [1.165, 1.54) is 0 Å². The minimum absolute atomic E-state index is 0. The number of amides is 2. The number of aromatic nitrogens is 4. The molecule has 1 aliphatic rings. The van der Waals surface area contributed by atoms with Gasteiger partial charge in [0.2, 0.25) is 5.82 Å². The summed E-state index contributed by atoms with van der Waals surface area (Å²) in [5.41, 5.74) is 2.83. The van der Waals surface area contributed by atoms with E-state index in [1.807, 2.05) is 93.5 Å². The van der Waals surface area contributed by atoms with Crippen molar-refractivity contribution < 1.29 is 4.79 Å². The second-order valence-corrected chi connectivity index (χ2v) is 9.90. The second kappa shape index (κ2) is 10.7. The van der Waals surface area contributed by atoms with Gasteiger partial charge in [-0.15, -0.1) is 0 Å². The van der Waals surface area contributed by atoms with Crippen LogP contribution in [0.25, 0.3) is 10.9 Å². The smallest absolute Gasteiger partial charge is 0.319 e. The van der Waals surface area contributed by atoms with Gasteiger partial charge in [-0.2, -0.15) is 23.9 Å². The number of H-pyrrole nitrogens is 1. The first-order chi connectivity index (χ1) is 17.8. The Bertz CT molecular complexity index is 1490. The average molecular weight is 530 g/mol. The van der Waals surface area contributed by atoms with Crippen molar-refractivity contribution in [3.05, 3.63) is 77.2 Å². The Morgan fingerprint density at radius 2 is 1.84 bits per heavy atom. The molecule has 5 rings (SSSR count). The summed E-state index contributed by atoms with van der Waals surface area (Å²) < 4.78 is 0. The highest BCUT2D eigenvalue weighted by Gasteiger charge is 2.44. The lowest BCUT2D eigenvalue weighted by atomic mass is 10.0. The number of nitrogens with one attached hydrogen (secondary N) is 3. The number of carbonyl (C=O) groups excluding carboxylic acids is 1. The first-order valence-electron chi connectivity index (χ1n) is 12.1. The maximum Gasteiger partial charge on any atom is 0.319 e. The number of fused-ring (bicyclic) bond motifs is 2. The van der Waals surface area contributed by atoms with Gasteiger partial charge in [0.05, 0.1) is 29.3 Å². The van der Waals surface area contributed by atoms with Crippen LogP contribution in [0.3, 0.4) is 0 Å². The lowest BCUT2D eigenvalue weighted by Crippen LogP contribution is -2.48. The highest BCUT2D eigenvalue weighted by molar-refractivity contribution is 7.59. The van der Waals surface area contributed by atoms with Crippen molar-refractivity contribution in [2.75, 3.05) is 26.0 Å². The van der Waals surface area contributed by atoms with Gasteiger partial charge in [0.1, 0.15) is 11.9 Å². The van der Waals surface area contributed by atoms with Crippen molar-refractivity contribution in [1.29, 1.82) is 5.26 Å². The zero-order valence-electron chi connectivity index (χ0n) is 21.8. The first-order valence-corrected chi connectivity index (χ1v) is 12.1. The molecule has 0 fully saturated rings. The summed E-state index contributed by atoms with van der Waals surface area (Å²) in [5.74, 6) is 1.13. The van der Waals surface area contributed by atoms with Crippen LogP contribution in [0.4, 0.5) is 16.4 Å². The fraction of sp³-hybridized carbons (Fsp3) is 0.296. The first kappa shape index (κ1) is 26.9. The minimum Gasteiger partial charge on any atom is -0.330 e. The summed E-state index contributed by atoms with van der Waals surface area (Å²) >= 11 is 0. The number of benzene rings is 2. The molecule has 2 amide bonds. The predicted octanol–water partition coefficient (Wildman–Crippen LogP) is 4.14. The number of rotatable bonds is 6. The van der Waals surface area contributed by atoms with Crippen LogP contribution in [0.2, 0.25) is 0 Å². The molecule has 2 aromatic heterocycles. The second-order valence-electron chi connectivity index (χ2n) is 9.90. The van der Waals surface area contributed by atoms with Crippen LogP contribution in [0, 0.1) is 11.3 Å². The molecular formula is C27H31N9OS. The summed E-state index contributed by atoms with van der Waals surface area (Å²) in [6, 6.07) is 19.2. The molecule has 0 saturated carbocycles. The molecule has 196 valence electrons. The number of hydrogen-bond acceptors (Lipinski definition) is 7. The molecule has 38 heavy (non-hydrogen) atoms. The van der Waals surface area contributed by atoms with Gasteiger partial charge in [0.25, 0.3) is 0 Å². The Morgan fingerprint density at radius 3 is 2.55 bits per heavy atom. The molecule has 4 aromatic rings. The number of nitriles is 1. The molecule has 3 N–H and O–H groups in total. The molecule has 0 aliphatic carbocycles. The molecule has 11 heteroatoms. The van der Waals surface area contributed by atoms with Gasteiger partial charge in [-0.3, -0.25) is 5.10 Å². The zero-order valence-corrected chi connectivity index (χ0v) is 22.8. The molecule has 0 bridgehead atoms. The SMILES string of the molecule is CN(C)C[C@@H](NC(=O)N1Cc2c(Nc3nc(C#N)nc4ccccc34)n[nH]c2C1(C)C)c1ccccc1.S. The molecule has 10 nitrogen and oxygen atoms in total. The molecule has 2 aromatic carbocycles. The molecule has 1 atom stereocenters. The van der Waals surface area contributed by atoms with E-state index in [9.17, 15) is 10.1 Å². The van der Waals surface area contributed by atoms with Crippen LogP contribution in [-0.4, -0.2) is 56.6 Å². The number of para-hydroxylation sites is 1. The van der Waals surface area contributed by atoms with Gasteiger partial charge in [0.15, 0.2) is 5.82 Å². The van der Waals surface area contributed by atoms with Crippen molar-refractivity contribution in [2.24, 2.45) is 0 Å². The van der Waals surface area contributed by atoms with Gasteiger partial charge in [-0.25, -0.2) is 14.8 Å². The van der Waals surface area contributed by atoms with E-state index in [1.54, 1.807) is 0 Å². The Labute approximate surface area is 228 Å². The fourth-order valence-electron chi connectivity index (χ4n) is 4.79. The molecule has 0 unspecified atom stereocenters. The highest BCUT2D eigenvalue weighted by atomic mass is 32.1. The van der Waals surface area contributed by atoms with Crippen LogP contribution in [0.5, 0.6) is 0 Å². The zero-order chi connectivity index (χ0) is 26.2. The number of carbonyl (C=O) groups is 1. The standard InChI is InChI=1S/C27H29N9O.H2S/c1-27(2)23-19(15-36(27)26(37)30-21(16-35(3)4)17-10-6-5-7-11-17)25(34-33-23)32-24-18-12-8-9-13-20(18)29-22(14-28)31-24;/h5-13,21H,15-16H2,1-4H3,(H,30,37)(H2,29,31,32,33,34);1H2/t21-;/m1./s1. The molecule has 3 heterocycles. The van der Waals surface area contributed by atoms with E-state index in [0.717, 1.165) is 22.2 Å². The van der Waals surface area contributed by atoms with E-state index >= 15 is 0 Å². The number of anilines is 2. The average Bonchev–Trinajstić information content (AvgIpc) is 3.41. The van der Waals surface area contributed by atoms with Gasteiger partial charge >= 0.3 is 6.03 Å². The summed E-state index contributed by atoms with van der Waals surface area (Å²) in [6.45, 7) is 5.03. The third-order valence-corrected chi connectivity index (χ3v) is 6.70. The molecule has 0 spiro atoms. The predicted molar refractivity (Wildman–Crippen MR) is 151 cm³/mol. The van der Waals surface area contributed by atoms with E-state index in [0.29, 0.717) is 30.2 Å². The van der Waals surface area contributed by atoms with Crippen molar-refractivity contribution in [3.8, 4) is 6.07 Å². The number of urea groups is 1. The molecule has 1 aliphatic heterocycles. The van der Waals surface area contributed by atoms with Gasteiger partial charge in [0, 0.05) is 17.5 Å². The van der Waals surface area contributed by atoms with Crippen LogP contribution < -0.4 is 10.6 Å². The number of hydrogen-bond donors (Lipinski definition) is 3. The third-order valence-electron chi connectivity index (χ3n) is 6.70. The summed E-state index contributed by atoms with van der Waals surface area (Å²) in [6.07, 6.45) is 0. The normalized spacial score (nSPS) is 14.5. The largest absolute Gasteiger partial charge is 0.330 e. The van der Waals surface area contributed by atoms with Crippen LogP contribution in [-0.2, 0) is 12.1 Å². The quantitative estimate of drug-likeness (QED) is 0.343. The fourth-order valence-corrected chi connectivity index (χ4v) is 4.79. The minimum atomic E-state index is -0.614. The van der Waals surface area contributed by atoms with Crippen LogP contribution in [0.1, 0.15) is 42.5 Å². The highest BCUT2D eigenvalue weighted by Crippen LogP contribution is 2.41. The van der Waals surface area contributed by atoms with E-state index < -0.39 is 5.54 Å². The molecule has 0 saturated heterocycles. The monoisotopic (exact) mass is 529 g/mol. The van der Waals surface area contributed by atoms with Gasteiger partial charge < -0.3 is 20.4 Å². The van der Waals surface area contributed by atoms with E-state index in [4.69, 9.17) is 0 Å². The summed E-state index contributed by atoms with van der Waals surface area (Å²) in [7, 11) is 3.98. The maximum atomic E-state index is 13.6. The Kier molecular flexibility index (Phi) is 7.57. The number of likely N-dealkylation sites (N-methyl/N-ethyl adjacent to an activating group) is 1. The van der Waals surface area contributed by atoms with Crippen molar-refractivity contribution in [2.45, 2.75) is 32.0 Å². The summed E-state index contributed by atoms with van der Waals surface area (Å²) in [5, 5.41) is 24.3. The topological polar surface area (TPSA) is 126 Å². The van der Waals surface area contributed by atoms with Crippen molar-refractivity contribution in [3.63, 3.8) is 0 Å². The van der Waals surface area contributed by atoms with Gasteiger partial charge in [-0.05, 0) is 45.6 Å². The number of nitrogens with zero attached hydrogens (tertiary/aromatic N) is 6. The molecular weight excluding hydrogens is 498 g/mol. The van der Waals surface area contributed by atoms with E-state index in [2.05, 4.69) is 35.7 Å². The molecule has 0 radical (unpaired) electrons. The lowest BCUT2D eigenvalue weighted by molar-refractivity contribution is 0.138. The number of aromatic amines is 1. The third kappa shape index (κ3) is 5.01. The Morgan fingerprint density at radius 1 is 1.13 bits per heavy atom. The Hall–Kier alpha value is -4.14. The van der Waals surface area contributed by atoms with Crippen molar-refractivity contribution in [1.82, 2.24) is 35.3 Å². The van der Waals surface area contributed by atoms with E-state index in [-0.39, 0.29) is 31.4 Å². The Balaban J connectivity index is 0.00000336. The van der Waals surface area contributed by atoms with Crippen LogP contribution in [0.15, 0.2) is 54.6 Å².